The van der Waals surface area contributed by atoms with Crippen LogP contribution >= 0.6 is 0 Å². The number of carbonyl (C=O) groups excluding carboxylic acids is 9. The van der Waals surface area contributed by atoms with Gasteiger partial charge in [0, 0.05) is 52.9 Å². The first kappa shape index (κ1) is 66.1. The van der Waals surface area contributed by atoms with Crippen LogP contribution in [0, 0.1) is 5.41 Å². The fourth-order valence-electron chi connectivity index (χ4n) is 10.3. The second-order valence-electron chi connectivity index (χ2n) is 23.2. The Bertz CT molecular complexity index is 2920. The average Bonchev–Trinajstić information content (AvgIpc) is 4.26. The number of aryl methyl sites for hydroxylation is 1. The summed E-state index contributed by atoms with van der Waals surface area (Å²) in [6.07, 6.45) is 4.48. The third-order valence-corrected chi connectivity index (χ3v) is 15.6. The van der Waals surface area contributed by atoms with E-state index in [2.05, 4.69) is 5.32 Å². The molecular formula is C63H84N6O16. The number of rotatable bonds is 9. The molecule has 0 radical (unpaired) electrons. The predicted molar refractivity (Wildman–Crippen MR) is 312 cm³/mol. The number of methoxy groups -OCH3 is 3. The molecule has 3 aromatic rings. The largest absolute Gasteiger partial charge is 0.496 e. The minimum atomic E-state index is -1.51. The topological polar surface area (TPSA) is 246 Å². The zero-order chi connectivity index (χ0) is 62.3. The van der Waals surface area contributed by atoms with Crippen molar-refractivity contribution in [1.82, 2.24) is 29.8 Å². The Balaban J connectivity index is 1.34. The number of nitrogens with one attached hydrogen (secondary N) is 1. The SMILES string of the molecule is COc1cc(OC)c(OC)cc1CC[C@H]1OC(=O)[C@@H]2CCCCN2C(=O)C(=O)C(C)(C)COC(=O)C=CCCN(C)C(=O)[C@@H]2CCCN2C(=O)[C@H](COC(C)(C)C)N(C)C(=O)C(c2ccccc2)NC(=O)[C@H](C)N(C)C(=O)COc2cccc1c2. The highest BCUT2D eigenvalue weighted by Crippen LogP contribution is 2.38. The summed E-state index contributed by atoms with van der Waals surface area (Å²) in [6.45, 7) is 9.09. The molecule has 3 aliphatic heterocycles. The number of esters is 2. The van der Waals surface area contributed by atoms with Crippen molar-refractivity contribution < 1.29 is 76.3 Å². The highest BCUT2D eigenvalue weighted by Gasteiger charge is 2.45. The van der Waals surface area contributed by atoms with Gasteiger partial charge >= 0.3 is 11.9 Å². The molecule has 0 aromatic heterocycles. The van der Waals surface area contributed by atoms with Gasteiger partial charge in [-0.1, -0.05) is 48.5 Å². The molecule has 6 amide bonds. The maximum absolute atomic E-state index is 14.9. The lowest BCUT2D eigenvalue weighted by Gasteiger charge is -2.37. The third-order valence-electron chi connectivity index (χ3n) is 15.6. The van der Waals surface area contributed by atoms with E-state index in [0.29, 0.717) is 59.6 Å². The number of likely N-dealkylation sites (N-methyl/N-ethyl adjacent to an activating group) is 3. The number of benzene rings is 3. The Morgan fingerprint density at radius 3 is 2.04 bits per heavy atom. The van der Waals surface area contributed by atoms with Gasteiger partial charge in [-0.15, -0.1) is 0 Å². The molecule has 2 fully saturated rings. The molecule has 85 heavy (non-hydrogen) atoms. The lowest BCUT2D eigenvalue weighted by atomic mass is 9.87. The second-order valence-corrected chi connectivity index (χ2v) is 23.2. The molecule has 0 spiro atoms. The van der Waals surface area contributed by atoms with Gasteiger partial charge in [-0.05, 0) is 128 Å². The number of cyclic esters (lactones) is 2. The van der Waals surface area contributed by atoms with Crippen LogP contribution in [0.15, 0.2) is 78.9 Å². The minimum absolute atomic E-state index is 0.0879. The number of fused-ring (bicyclic) bond motifs is 4. The number of amides is 6. The normalized spacial score (nSPS) is 23.5. The number of ether oxygens (including phenoxy) is 7. The van der Waals surface area contributed by atoms with E-state index in [1.54, 1.807) is 94.5 Å². The summed E-state index contributed by atoms with van der Waals surface area (Å²) in [6, 6.07) is 12.8. The number of hydrogen-bond donors (Lipinski definition) is 1. The molecule has 2 saturated heterocycles. The van der Waals surface area contributed by atoms with Crippen LogP contribution in [0.3, 0.4) is 0 Å². The highest BCUT2D eigenvalue weighted by molar-refractivity contribution is 6.38. The van der Waals surface area contributed by atoms with Gasteiger partial charge in [0.2, 0.25) is 29.4 Å². The van der Waals surface area contributed by atoms with Gasteiger partial charge in [0.05, 0.1) is 39.0 Å². The Morgan fingerprint density at radius 2 is 1.35 bits per heavy atom. The number of nitrogens with zero attached hydrogens (tertiary/aromatic N) is 5. The fourth-order valence-corrected chi connectivity index (χ4v) is 10.3. The monoisotopic (exact) mass is 1180 g/mol. The zero-order valence-electron chi connectivity index (χ0n) is 51.1. The molecule has 3 heterocycles. The van der Waals surface area contributed by atoms with E-state index in [0.717, 1.165) is 0 Å². The van der Waals surface area contributed by atoms with Crippen LogP contribution in [0.5, 0.6) is 23.0 Å². The highest BCUT2D eigenvalue weighted by atomic mass is 16.5. The van der Waals surface area contributed by atoms with E-state index in [9.17, 15) is 43.2 Å². The van der Waals surface area contributed by atoms with Crippen molar-refractivity contribution >= 4 is 53.2 Å². The zero-order valence-corrected chi connectivity index (χ0v) is 51.1. The smallest absolute Gasteiger partial charge is 0.330 e. The number of Topliss-reactive ketones (excluding diaryl/α,β-unsaturated/α-hetero) is 1. The molecule has 462 valence electrons. The number of ketones is 1. The van der Waals surface area contributed by atoms with Crippen LogP contribution in [-0.2, 0) is 63.8 Å². The first-order chi connectivity index (χ1) is 40.3. The van der Waals surface area contributed by atoms with Crippen LogP contribution < -0.4 is 24.3 Å². The van der Waals surface area contributed by atoms with Gasteiger partial charge in [0.1, 0.15) is 54.4 Å². The maximum atomic E-state index is 14.9. The molecule has 3 aliphatic rings. The van der Waals surface area contributed by atoms with Crippen LogP contribution in [0.2, 0.25) is 0 Å². The van der Waals surface area contributed by atoms with E-state index in [-0.39, 0.29) is 63.6 Å². The van der Waals surface area contributed by atoms with E-state index in [1.165, 1.54) is 92.8 Å². The van der Waals surface area contributed by atoms with E-state index in [4.69, 9.17) is 33.2 Å². The van der Waals surface area contributed by atoms with Crippen LogP contribution in [0.4, 0.5) is 0 Å². The average molecular weight is 1180 g/mol. The quantitative estimate of drug-likeness (QED) is 0.203. The van der Waals surface area contributed by atoms with E-state index >= 15 is 0 Å². The summed E-state index contributed by atoms with van der Waals surface area (Å²) >= 11 is 0. The van der Waals surface area contributed by atoms with Crippen molar-refractivity contribution in [3.8, 4) is 23.0 Å². The molecule has 0 saturated carbocycles. The fraction of sp³-hybridized carbons (Fsp3) is 0.540. The molecule has 6 atom stereocenters. The standard InChI is InChI=1S/C63H84N6O16/c1-40-56(73)64-54(41-22-14-13-15-23-41)59(76)67(9)47(37-84-62(2,3)4)58(75)68-33-21-27-45(68)57(74)65(7)31-18-17-28-53(71)83-39-63(5,6)55(72)60(77)69-32-19-16-26-46(69)61(78)85-48(42-24-20-25-44(34-42)82-38-52(70)66(40)8)30-29-43-35-50(80-11)51(81-12)36-49(43)79-10/h13-15,17,20,22-25,28,34-36,40,45-48,54H,16,18-19,21,26-27,29-33,37-39H2,1-12H3,(H,64,73)/t40-,45-,46-,47-,48+,54?/m0/s1. The summed E-state index contributed by atoms with van der Waals surface area (Å²) < 4.78 is 40.9. The molecule has 3 aromatic carbocycles. The van der Waals surface area contributed by atoms with Gasteiger partial charge in [-0.2, -0.15) is 0 Å². The molecule has 0 aliphatic carbocycles. The molecule has 6 rings (SSSR count). The Kier molecular flexibility index (Phi) is 23.1. The number of carbonyl (C=O) groups is 9. The Labute approximate surface area is 498 Å². The van der Waals surface area contributed by atoms with Crippen molar-refractivity contribution in [1.29, 1.82) is 0 Å². The number of hydrogen-bond acceptors (Lipinski definition) is 16. The minimum Gasteiger partial charge on any atom is -0.496 e. The maximum Gasteiger partial charge on any atom is 0.330 e. The van der Waals surface area contributed by atoms with Crippen molar-refractivity contribution in [2.75, 3.05) is 81.9 Å². The summed E-state index contributed by atoms with van der Waals surface area (Å²) in [7, 11) is 8.97. The molecule has 22 heteroatoms. The predicted octanol–water partition coefficient (Wildman–Crippen LogP) is 5.58. The molecule has 1 N–H and O–H groups in total. The summed E-state index contributed by atoms with van der Waals surface area (Å²) in [4.78, 5) is 134. The first-order valence-corrected chi connectivity index (χ1v) is 28.8. The van der Waals surface area contributed by atoms with E-state index < -0.39 is 108 Å². The second kappa shape index (κ2) is 29.7. The molecule has 2 bridgehead atoms. The van der Waals surface area contributed by atoms with Crippen LogP contribution in [0.1, 0.15) is 115 Å². The van der Waals surface area contributed by atoms with Gasteiger partial charge < -0.3 is 63.0 Å². The van der Waals surface area contributed by atoms with Crippen molar-refractivity contribution in [3.63, 3.8) is 0 Å². The van der Waals surface area contributed by atoms with Gasteiger partial charge in [-0.25, -0.2) is 9.59 Å². The Hall–Kier alpha value is -8.01. The summed E-state index contributed by atoms with van der Waals surface area (Å²) in [5.41, 5.74) is -0.691. The summed E-state index contributed by atoms with van der Waals surface area (Å²) in [5.74, 6) is -4.63. The Morgan fingerprint density at radius 1 is 0.694 bits per heavy atom. The molecule has 1 unspecified atom stereocenters. The lowest BCUT2D eigenvalue weighted by molar-refractivity contribution is -0.165. The van der Waals surface area contributed by atoms with Gasteiger partial charge in [0.15, 0.2) is 18.1 Å². The van der Waals surface area contributed by atoms with Crippen LogP contribution in [0.25, 0.3) is 0 Å². The summed E-state index contributed by atoms with van der Waals surface area (Å²) in [5, 5.41) is 2.83. The lowest BCUT2D eigenvalue weighted by Crippen LogP contribution is -2.58. The van der Waals surface area contributed by atoms with Crippen molar-refractivity contribution in [2.45, 2.75) is 135 Å². The third kappa shape index (κ3) is 17.1. The van der Waals surface area contributed by atoms with Gasteiger partial charge in [0.25, 0.3) is 11.8 Å². The first-order valence-electron chi connectivity index (χ1n) is 28.8. The van der Waals surface area contributed by atoms with Crippen molar-refractivity contribution in [2.24, 2.45) is 5.41 Å². The van der Waals surface area contributed by atoms with Crippen molar-refractivity contribution in [3.05, 3.63) is 95.6 Å². The molecule has 22 nitrogen and oxygen atoms in total. The number of piperidine rings is 1. The molecular weight excluding hydrogens is 1100 g/mol. The van der Waals surface area contributed by atoms with Gasteiger partial charge in [-0.3, -0.25) is 33.6 Å². The van der Waals surface area contributed by atoms with E-state index in [1.807, 2.05) is 0 Å². The van der Waals surface area contributed by atoms with Crippen LogP contribution in [-0.4, -0.2) is 189 Å².